The molecule has 8 heteroatoms. The molecule has 23 heavy (non-hydrogen) atoms. The van der Waals surface area contributed by atoms with E-state index in [1.807, 2.05) is 13.0 Å². The van der Waals surface area contributed by atoms with Gasteiger partial charge in [-0.1, -0.05) is 18.3 Å². The van der Waals surface area contributed by atoms with E-state index in [0.29, 0.717) is 18.1 Å². The first kappa shape index (κ1) is 16.5. The van der Waals surface area contributed by atoms with Gasteiger partial charge in [0.15, 0.2) is 21.3 Å². The van der Waals surface area contributed by atoms with Gasteiger partial charge in [-0.15, -0.1) is 0 Å². The summed E-state index contributed by atoms with van der Waals surface area (Å²) >= 11 is 5.21. The molecular formula is C15H19NO5S2. The van der Waals surface area contributed by atoms with Crippen molar-refractivity contribution in [1.29, 1.82) is 0 Å². The number of sulfone groups is 1. The van der Waals surface area contributed by atoms with E-state index >= 15 is 0 Å². The van der Waals surface area contributed by atoms with Crippen LogP contribution in [0.2, 0.25) is 0 Å². The van der Waals surface area contributed by atoms with Crippen LogP contribution in [0.25, 0.3) is 0 Å². The summed E-state index contributed by atoms with van der Waals surface area (Å²) in [6.07, 6.45) is 1.21. The minimum Gasteiger partial charge on any atom is -0.454 e. The fourth-order valence-corrected chi connectivity index (χ4v) is 5.73. The molecule has 0 saturated heterocycles. The quantitative estimate of drug-likeness (QED) is 0.766. The van der Waals surface area contributed by atoms with Crippen molar-refractivity contribution in [3.05, 3.63) is 23.8 Å². The molecule has 0 unspecified atom stereocenters. The topological polar surface area (TPSA) is 87.8 Å². The van der Waals surface area contributed by atoms with Crippen molar-refractivity contribution in [2.75, 3.05) is 26.3 Å². The molecule has 0 spiro atoms. The van der Waals surface area contributed by atoms with Gasteiger partial charge in [-0.2, -0.15) is 0 Å². The van der Waals surface area contributed by atoms with E-state index in [0.717, 1.165) is 5.56 Å². The summed E-state index contributed by atoms with van der Waals surface area (Å²) in [7, 11) is -3.34. The molecule has 1 saturated carbocycles. The molecular weight excluding hydrogens is 338 g/mol. The maximum Gasteiger partial charge on any atom is 0.231 e. The molecule has 0 bridgehead atoms. The van der Waals surface area contributed by atoms with Crippen LogP contribution in [0, 0.1) is 5.41 Å². The van der Waals surface area contributed by atoms with Gasteiger partial charge >= 0.3 is 0 Å². The molecule has 2 N–H and O–H groups in total. The lowest BCUT2D eigenvalue weighted by atomic mass is 9.99. The number of hydrogen-bond donors (Lipinski definition) is 1. The Morgan fingerprint density at radius 1 is 1.43 bits per heavy atom. The van der Waals surface area contributed by atoms with E-state index in [9.17, 15) is 8.42 Å². The van der Waals surface area contributed by atoms with E-state index in [1.54, 1.807) is 12.1 Å². The molecule has 6 nitrogen and oxygen atoms in total. The first-order valence-corrected chi connectivity index (χ1v) is 9.64. The van der Waals surface area contributed by atoms with Gasteiger partial charge < -0.3 is 19.9 Å². The minimum atomic E-state index is -3.34. The first-order valence-electron chi connectivity index (χ1n) is 7.28. The fraction of sp³-hybridized carbons (Fsp3) is 0.533. The maximum absolute atomic E-state index is 12.3. The molecule has 1 heterocycles. The van der Waals surface area contributed by atoms with Crippen LogP contribution in [0.5, 0.6) is 11.5 Å². The predicted octanol–water partition coefficient (Wildman–Crippen LogP) is 1.23. The zero-order valence-electron chi connectivity index (χ0n) is 12.9. The smallest absolute Gasteiger partial charge is 0.231 e. The third kappa shape index (κ3) is 2.58. The Kier molecular flexibility index (Phi) is 4.02. The Morgan fingerprint density at radius 2 is 2.13 bits per heavy atom. The van der Waals surface area contributed by atoms with Crippen molar-refractivity contribution >= 4 is 27.0 Å². The highest BCUT2D eigenvalue weighted by molar-refractivity contribution is 7.92. The van der Waals surface area contributed by atoms with Crippen LogP contribution in [0.15, 0.2) is 18.2 Å². The summed E-state index contributed by atoms with van der Waals surface area (Å²) in [5.74, 6) is 0.919. The lowest BCUT2D eigenvalue weighted by Gasteiger charge is -2.16. The van der Waals surface area contributed by atoms with Gasteiger partial charge in [0.1, 0.15) is 0 Å². The van der Waals surface area contributed by atoms with Crippen LogP contribution in [-0.4, -0.2) is 44.9 Å². The zero-order valence-corrected chi connectivity index (χ0v) is 14.6. The second kappa shape index (κ2) is 5.61. The van der Waals surface area contributed by atoms with Gasteiger partial charge in [-0.05, 0) is 24.6 Å². The lowest BCUT2D eigenvalue weighted by Crippen LogP contribution is -2.33. The largest absolute Gasteiger partial charge is 0.454 e. The summed E-state index contributed by atoms with van der Waals surface area (Å²) in [4.78, 5) is 0.170. The maximum atomic E-state index is 12.3. The van der Waals surface area contributed by atoms with E-state index in [2.05, 4.69) is 0 Å². The lowest BCUT2D eigenvalue weighted by molar-refractivity contribution is 0.121. The highest BCUT2D eigenvalue weighted by Gasteiger charge is 2.72. The standard InChI is InChI=1S/C15H19NO5S2/c1-3-19-7-15(14(16)22)12(13(15)23(2,17)18)9-4-5-10-11(6-9)21-8-20-10/h4-6,12-13H,3,7-8H2,1-2H3,(H2,16,22)/t12-,13-,15+/m1/s1. The van der Waals surface area contributed by atoms with Crippen molar-refractivity contribution in [2.24, 2.45) is 11.1 Å². The van der Waals surface area contributed by atoms with Crippen LogP contribution in [0.4, 0.5) is 0 Å². The van der Waals surface area contributed by atoms with Gasteiger partial charge in [0, 0.05) is 18.8 Å². The number of hydrogen-bond acceptors (Lipinski definition) is 6. The highest BCUT2D eigenvalue weighted by Crippen LogP contribution is 2.63. The third-order valence-electron chi connectivity index (χ3n) is 4.48. The molecule has 0 amide bonds. The van der Waals surface area contributed by atoms with Crippen LogP contribution < -0.4 is 15.2 Å². The molecule has 1 aromatic rings. The van der Waals surface area contributed by atoms with Gasteiger partial charge in [0.2, 0.25) is 6.79 Å². The molecule has 0 radical (unpaired) electrons. The Balaban J connectivity index is 2.03. The molecule has 3 atom stereocenters. The number of nitrogens with two attached hydrogens (primary N) is 1. The van der Waals surface area contributed by atoms with Crippen molar-refractivity contribution in [1.82, 2.24) is 0 Å². The first-order chi connectivity index (χ1) is 10.8. The summed E-state index contributed by atoms with van der Waals surface area (Å²) in [6, 6.07) is 5.42. The van der Waals surface area contributed by atoms with Crippen LogP contribution >= 0.6 is 12.2 Å². The number of rotatable bonds is 6. The van der Waals surface area contributed by atoms with Crippen molar-refractivity contribution in [2.45, 2.75) is 18.1 Å². The fourth-order valence-electron chi connectivity index (χ4n) is 3.42. The predicted molar refractivity (Wildman–Crippen MR) is 89.6 cm³/mol. The molecule has 1 aliphatic heterocycles. The van der Waals surface area contributed by atoms with E-state index in [1.165, 1.54) is 6.26 Å². The summed E-state index contributed by atoms with van der Waals surface area (Å²) in [5, 5.41) is -0.681. The second-order valence-electron chi connectivity index (χ2n) is 5.88. The van der Waals surface area contributed by atoms with Crippen molar-refractivity contribution in [3.8, 4) is 11.5 Å². The molecule has 126 valence electrons. The zero-order chi connectivity index (χ0) is 16.8. The average molecular weight is 357 g/mol. The number of ether oxygens (including phenoxy) is 3. The second-order valence-corrected chi connectivity index (χ2v) is 8.49. The summed E-state index contributed by atoms with van der Waals surface area (Å²) < 4.78 is 40.7. The van der Waals surface area contributed by atoms with Crippen molar-refractivity contribution < 1.29 is 22.6 Å². The molecule has 3 rings (SSSR count). The van der Waals surface area contributed by atoms with Crippen LogP contribution in [0.3, 0.4) is 0 Å². The Morgan fingerprint density at radius 3 is 2.74 bits per heavy atom. The van der Waals surface area contributed by atoms with Gasteiger partial charge in [0.25, 0.3) is 0 Å². The summed E-state index contributed by atoms with van der Waals surface area (Å²) in [5.41, 5.74) is 5.88. The van der Waals surface area contributed by atoms with Gasteiger partial charge in [-0.25, -0.2) is 8.42 Å². The monoisotopic (exact) mass is 357 g/mol. The normalized spacial score (nSPS) is 28.6. The molecule has 1 aliphatic carbocycles. The summed E-state index contributed by atoms with van der Waals surface area (Å²) in [6.45, 7) is 2.67. The highest BCUT2D eigenvalue weighted by atomic mass is 32.2. The number of fused-ring (bicyclic) bond motifs is 1. The Bertz CT molecular complexity index is 748. The molecule has 0 aromatic heterocycles. The molecule has 2 aliphatic rings. The Labute approximate surface area is 140 Å². The van der Waals surface area contributed by atoms with E-state index in [-0.39, 0.29) is 24.3 Å². The average Bonchev–Trinajstić information content (AvgIpc) is 2.97. The number of thiocarbonyl (C=S) groups is 1. The SMILES string of the molecule is CCOC[C@]1(C(N)=S)[C@H](c2ccc3c(c2)OCO3)[C@H]1S(C)(=O)=O. The molecule has 1 aromatic carbocycles. The van der Waals surface area contributed by atoms with Crippen molar-refractivity contribution in [3.63, 3.8) is 0 Å². The number of benzene rings is 1. The third-order valence-corrected chi connectivity index (χ3v) is 6.47. The van der Waals surface area contributed by atoms with Gasteiger partial charge in [0.05, 0.1) is 22.3 Å². The van der Waals surface area contributed by atoms with Crippen LogP contribution in [-0.2, 0) is 14.6 Å². The minimum absolute atomic E-state index is 0.165. The van der Waals surface area contributed by atoms with E-state index in [4.69, 9.17) is 32.2 Å². The van der Waals surface area contributed by atoms with E-state index < -0.39 is 20.5 Å². The molecule has 1 fully saturated rings. The van der Waals surface area contributed by atoms with Gasteiger partial charge in [-0.3, -0.25) is 0 Å². The van der Waals surface area contributed by atoms with Crippen LogP contribution in [0.1, 0.15) is 18.4 Å². The Hall–Kier alpha value is -1.38.